The van der Waals surface area contributed by atoms with E-state index in [-0.39, 0.29) is 0 Å². The molecule has 0 bridgehead atoms. The van der Waals surface area contributed by atoms with Crippen molar-refractivity contribution < 1.29 is 0 Å². The van der Waals surface area contributed by atoms with Crippen LogP contribution in [-0.4, -0.2) is 21.7 Å². The quantitative estimate of drug-likeness (QED) is 0.814. The first kappa shape index (κ1) is 9.43. The number of hydrogen-bond acceptors (Lipinski definition) is 5. The minimum atomic E-state index is 0.527. The van der Waals surface area contributed by atoms with Crippen LogP contribution in [0.3, 0.4) is 0 Å². The average molecular weight is 215 g/mol. The van der Waals surface area contributed by atoms with E-state index in [9.17, 15) is 0 Å². The molecule has 0 unspecified atom stereocenters. The molecule has 0 atom stereocenters. The van der Waals surface area contributed by atoms with Gasteiger partial charge in [-0.3, -0.25) is 0 Å². The van der Waals surface area contributed by atoms with Gasteiger partial charge in [-0.15, -0.1) is 10.2 Å². The van der Waals surface area contributed by atoms with Crippen molar-refractivity contribution in [3.8, 4) is 0 Å². The minimum absolute atomic E-state index is 0.527. The number of thioether (sulfide) groups is 1. The third kappa shape index (κ3) is 2.21. The summed E-state index contributed by atoms with van der Waals surface area (Å²) >= 11 is 3.72. The highest BCUT2D eigenvalue weighted by atomic mass is 32.2. The smallest absolute Gasteiger partial charge is 0.131 e. The van der Waals surface area contributed by atoms with Gasteiger partial charge in [-0.25, -0.2) is 0 Å². The zero-order valence-electron chi connectivity index (χ0n) is 7.40. The molecule has 1 aliphatic rings. The Kier molecular flexibility index (Phi) is 3.18. The van der Waals surface area contributed by atoms with Gasteiger partial charge in [0.05, 0.1) is 0 Å². The summed E-state index contributed by atoms with van der Waals surface area (Å²) in [7, 11) is 0. The SMILES string of the molecule is NCc1nnc(C2CCSCC2)s1. The number of aromatic nitrogens is 2. The number of hydrogen-bond donors (Lipinski definition) is 1. The van der Waals surface area contributed by atoms with E-state index >= 15 is 0 Å². The lowest BCUT2D eigenvalue weighted by Crippen LogP contribution is -2.07. The highest BCUT2D eigenvalue weighted by Gasteiger charge is 2.19. The first-order chi connectivity index (χ1) is 6.40. The standard InChI is InChI=1S/C8H13N3S2/c9-5-7-10-11-8(13-7)6-1-3-12-4-2-6/h6H,1-5,9H2. The van der Waals surface area contributed by atoms with Gasteiger partial charge in [0.15, 0.2) is 0 Å². The summed E-state index contributed by atoms with van der Waals surface area (Å²) in [4.78, 5) is 0. The molecule has 2 N–H and O–H groups in total. The molecule has 0 aliphatic carbocycles. The largest absolute Gasteiger partial charge is 0.324 e. The van der Waals surface area contributed by atoms with Gasteiger partial charge in [0.25, 0.3) is 0 Å². The Morgan fingerprint density at radius 3 is 2.69 bits per heavy atom. The Balaban J connectivity index is 2.05. The molecule has 2 rings (SSSR count). The highest BCUT2D eigenvalue weighted by molar-refractivity contribution is 7.99. The lowest BCUT2D eigenvalue weighted by atomic mass is 10.0. The van der Waals surface area contributed by atoms with Gasteiger partial charge < -0.3 is 5.73 Å². The molecule has 5 heteroatoms. The van der Waals surface area contributed by atoms with Crippen LogP contribution in [0.2, 0.25) is 0 Å². The van der Waals surface area contributed by atoms with Crippen LogP contribution in [0.25, 0.3) is 0 Å². The van der Waals surface area contributed by atoms with Gasteiger partial charge in [0.2, 0.25) is 0 Å². The normalized spacial score (nSPS) is 19.2. The zero-order chi connectivity index (χ0) is 9.10. The van der Waals surface area contributed by atoms with E-state index in [0.717, 1.165) is 5.01 Å². The first-order valence-electron chi connectivity index (χ1n) is 4.50. The summed E-state index contributed by atoms with van der Waals surface area (Å²) in [6.07, 6.45) is 2.51. The van der Waals surface area contributed by atoms with E-state index in [1.165, 1.54) is 29.4 Å². The van der Waals surface area contributed by atoms with Gasteiger partial charge in [-0.1, -0.05) is 11.3 Å². The van der Waals surface area contributed by atoms with Crippen LogP contribution < -0.4 is 5.73 Å². The van der Waals surface area contributed by atoms with Crippen LogP contribution in [0.1, 0.15) is 28.8 Å². The molecule has 1 saturated heterocycles. The monoisotopic (exact) mass is 215 g/mol. The van der Waals surface area contributed by atoms with Crippen molar-refractivity contribution in [3.63, 3.8) is 0 Å². The summed E-state index contributed by atoms with van der Waals surface area (Å²) < 4.78 is 0. The second kappa shape index (κ2) is 4.39. The van der Waals surface area contributed by atoms with Crippen LogP contribution in [0.5, 0.6) is 0 Å². The van der Waals surface area contributed by atoms with E-state index in [4.69, 9.17) is 5.73 Å². The number of nitrogens with two attached hydrogens (primary N) is 1. The van der Waals surface area contributed by atoms with Crippen molar-refractivity contribution in [1.82, 2.24) is 10.2 Å². The Morgan fingerprint density at radius 1 is 1.31 bits per heavy atom. The summed E-state index contributed by atoms with van der Waals surface area (Å²) in [6, 6.07) is 0. The van der Waals surface area contributed by atoms with Crippen LogP contribution in [0, 0.1) is 0 Å². The van der Waals surface area contributed by atoms with Gasteiger partial charge in [-0.2, -0.15) is 11.8 Å². The molecule has 0 spiro atoms. The predicted molar refractivity (Wildman–Crippen MR) is 57.1 cm³/mol. The molecule has 0 amide bonds. The molecule has 1 aromatic rings. The third-order valence-corrected chi connectivity index (χ3v) is 4.38. The molecule has 2 heterocycles. The zero-order valence-corrected chi connectivity index (χ0v) is 9.03. The molecular weight excluding hydrogens is 202 g/mol. The van der Waals surface area contributed by atoms with Crippen LogP contribution >= 0.6 is 23.1 Å². The molecule has 1 fully saturated rings. The third-order valence-electron chi connectivity index (χ3n) is 2.23. The van der Waals surface area contributed by atoms with Crippen molar-refractivity contribution >= 4 is 23.1 Å². The van der Waals surface area contributed by atoms with Gasteiger partial charge >= 0.3 is 0 Å². The van der Waals surface area contributed by atoms with Crippen molar-refractivity contribution in [1.29, 1.82) is 0 Å². The van der Waals surface area contributed by atoms with Crippen molar-refractivity contribution in [2.75, 3.05) is 11.5 Å². The molecular formula is C8H13N3S2. The molecule has 1 aliphatic heterocycles. The van der Waals surface area contributed by atoms with Crippen molar-refractivity contribution in [2.24, 2.45) is 5.73 Å². The Hall–Kier alpha value is -0.130. The maximum Gasteiger partial charge on any atom is 0.131 e. The summed E-state index contributed by atoms with van der Waals surface area (Å²) in [5.41, 5.74) is 5.50. The van der Waals surface area contributed by atoms with E-state index in [2.05, 4.69) is 10.2 Å². The topological polar surface area (TPSA) is 51.8 Å². The molecule has 0 aromatic carbocycles. The van der Waals surface area contributed by atoms with E-state index < -0.39 is 0 Å². The van der Waals surface area contributed by atoms with E-state index in [1.807, 2.05) is 11.8 Å². The Labute approximate surface area is 86.1 Å². The summed E-state index contributed by atoms with van der Waals surface area (Å²) in [5.74, 6) is 3.18. The minimum Gasteiger partial charge on any atom is -0.324 e. The molecule has 1 aromatic heterocycles. The van der Waals surface area contributed by atoms with Gasteiger partial charge in [-0.05, 0) is 24.3 Å². The first-order valence-corrected chi connectivity index (χ1v) is 6.47. The molecule has 3 nitrogen and oxygen atoms in total. The van der Waals surface area contributed by atoms with Gasteiger partial charge in [0.1, 0.15) is 10.0 Å². The Morgan fingerprint density at radius 2 is 2.08 bits per heavy atom. The van der Waals surface area contributed by atoms with Crippen LogP contribution in [0.15, 0.2) is 0 Å². The number of nitrogens with zero attached hydrogens (tertiary/aromatic N) is 2. The average Bonchev–Trinajstić information content (AvgIpc) is 2.67. The summed E-state index contributed by atoms with van der Waals surface area (Å²) in [6.45, 7) is 0.527. The van der Waals surface area contributed by atoms with Crippen molar-refractivity contribution in [3.05, 3.63) is 10.0 Å². The lowest BCUT2D eigenvalue weighted by Gasteiger charge is -2.17. The second-order valence-electron chi connectivity index (χ2n) is 3.12. The van der Waals surface area contributed by atoms with E-state index in [1.54, 1.807) is 11.3 Å². The van der Waals surface area contributed by atoms with Gasteiger partial charge in [0, 0.05) is 12.5 Å². The molecule has 72 valence electrons. The maximum absolute atomic E-state index is 5.50. The second-order valence-corrected chi connectivity index (χ2v) is 5.44. The fourth-order valence-corrected chi connectivity index (χ4v) is 3.46. The predicted octanol–water partition coefficient (Wildman–Crippen LogP) is 1.61. The number of rotatable bonds is 2. The van der Waals surface area contributed by atoms with E-state index in [0.29, 0.717) is 12.5 Å². The van der Waals surface area contributed by atoms with Crippen LogP contribution in [0.4, 0.5) is 0 Å². The fraction of sp³-hybridized carbons (Fsp3) is 0.750. The van der Waals surface area contributed by atoms with Crippen molar-refractivity contribution in [2.45, 2.75) is 25.3 Å². The molecule has 13 heavy (non-hydrogen) atoms. The fourth-order valence-electron chi connectivity index (χ4n) is 1.46. The van der Waals surface area contributed by atoms with Crippen LogP contribution in [-0.2, 0) is 6.54 Å². The highest BCUT2D eigenvalue weighted by Crippen LogP contribution is 2.32. The molecule has 0 radical (unpaired) electrons. The maximum atomic E-state index is 5.50. The Bertz CT molecular complexity index is 268. The lowest BCUT2D eigenvalue weighted by molar-refractivity contribution is 0.625. The molecule has 0 saturated carbocycles. The summed E-state index contributed by atoms with van der Waals surface area (Å²) in [5, 5.41) is 10.4.